The zero-order valence-corrected chi connectivity index (χ0v) is 18.2. The van der Waals surface area contributed by atoms with Gasteiger partial charge in [0.05, 0.1) is 11.6 Å². The van der Waals surface area contributed by atoms with Gasteiger partial charge < -0.3 is 19.7 Å². The summed E-state index contributed by atoms with van der Waals surface area (Å²) in [5, 5.41) is 20.8. The highest BCUT2D eigenvalue weighted by atomic mass is 19.3. The largest absolute Gasteiger partial charge is 0.508 e. The number of carbonyl (C=O) groups is 1. The summed E-state index contributed by atoms with van der Waals surface area (Å²) >= 11 is 0. The van der Waals surface area contributed by atoms with E-state index in [1.807, 2.05) is 0 Å². The fourth-order valence-corrected chi connectivity index (χ4v) is 5.03. The zero-order valence-electron chi connectivity index (χ0n) is 18.2. The lowest BCUT2D eigenvalue weighted by molar-refractivity contribution is -0.148. The molecule has 1 aliphatic heterocycles. The highest BCUT2D eigenvalue weighted by Crippen LogP contribution is 2.45. The summed E-state index contributed by atoms with van der Waals surface area (Å²) in [7, 11) is 0. The van der Waals surface area contributed by atoms with E-state index in [1.165, 1.54) is 0 Å². The van der Waals surface area contributed by atoms with Crippen molar-refractivity contribution in [2.24, 2.45) is 5.92 Å². The minimum atomic E-state index is -2.70. The summed E-state index contributed by atoms with van der Waals surface area (Å²) in [4.78, 5) is 16.1. The van der Waals surface area contributed by atoms with Gasteiger partial charge in [0.15, 0.2) is 0 Å². The number of benzene rings is 1. The van der Waals surface area contributed by atoms with Gasteiger partial charge in [0, 0.05) is 42.9 Å². The summed E-state index contributed by atoms with van der Waals surface area (Å²) in [5.74, 6) is -3.42. The third-order valence-electron chi connectivity index (χ3n) is 7.04. The van der Waals surface area contributed by atoms with Crippen LogP contribution in [0.1, 0.15) is 62.1 Å². The number of aromatic nitrogens is 1. The lowest BCUT2D eigenvalue weighted by Crippen LogP contribution is -2.38. The molecule has 2 heterocycles. The second-order valence-electron chi connectivity index (χ2n) is 9.33. The number of allylic oxidation sites excluding steroid dienone is 2. The molecule has 0 spiro atoms. The highest BCUT2D eigenvalue weighted by molar-refractivity contribution is 5.98. The van der Waals surface area contributed by atoms with Gasteiger partial charge in [0.2, 0.25) is 5.88 Å². The molecule has 1 aromatic heterocycles. The molecule has 1 aromatic carbocycles. The minimum absolute atomic E-state index is 0.0556. The summed E-state index contributed by atoms with van der Waals surface area (Å²) in [5.41, 5.74) is 2.53. The van der Waals surface area contributed by atoms with Crippen molar-refractivity contribution >= 4 is 22.3 Å². The molecule has 0 unspecified atom stereocenters. The fourth-order valence-electron chi connectivity index (χ4n) is 5.03. The van der Waals surface area contributed by atoms with Gasteiger partial charge >= 0.3 is 5.97 Å². The molecular formula is C25H27F2NO5. The Balaban J connectivity index is 1.61. The van der Waals surface area contributed by atoms with Crippen LogP contribution in [-0.2, 0) is 9.53 Å². The van der Waals surface area contributed by atoms with Crippen molar-refractivity contribution in [1.29, 1.82) is 0 Å². The van der Waals surface area contributed by atoms with E-state index in [4.69, 9.17) is 14.5 Å². The zero-order chi connectivity index (χ0) is 23.2. The van der Waals surface area contributed by atoms with Gasteiger partial charge in [0.1, 0.15) is 11.9 Å². The van der Waals surface area contributed by atoms with Crippen molar-refractivity contribution in [3.8, 4) is 11.6 Å². The highest BCUT2D eigenvalue weighted by Gasteiger charge is 2.38. The summed E-state index contributed by atoms with van der Waals surface area (Å²) < 4.78 is 39.5. The molecule has 33 heavy (non-hydrogen) atoms. The van der Waals surface area contributed by atoms with Crippen molar-refractivity contribution in [3.63, 3.8) is 0 Å². The van der Waals surface area contributed by atoms with E-state index in [9.17, 15) is 23.8 Å². The van der Waals surface area contributed by atoms with E-state index in [-0.39, 0.29) is 37.0 Å². The smallest absolute Gasteiger partial charge is 0.306 e. The number of halogens is 2. The third kappa shape index (κ3) is 4.40. The number of rotatable bonds is 5. The van der Waals surface area contributed by atoms with Crippen molar-refractivity contribution in [1.82, 2.24) is 4.98 Å². The molecule has 3 aliphatic rings. The van der Waals surface area contributed by atoms with Crippen LogP contribution < -0.4 is 4.74 Å². The molecule has 0 amide bonds. The Bertz CT molecular complexity index is 1100. The monoisotopic (exact) mass is 459 g/mol. The first-order valence-electron chi connectivity index (χ1n) is 11.5. The maximum atomic E-state index is 13.9. The molecule has 1 saturated carbocycles. The van der Waals surface area contributed by atoms with Crippen LogP contribution in [0.25, 0.3) is 16.3 Å². The number of hydrogen-bond acceptors (Lipinski definition) is 5. The Kier molecular flexibility index (Phi) is 5.72. The van der Waals surface area contributed by atoms with Crippen LogP contribution in [0.4, 0.5) is 8.78 Å². The molecule has 176 valence electrons. The normalized spacial score (nSPS) is 25.3. The van der Waals surface area contributed by atoms with Gasteiger partial charge in [-0.3, -0.25) is 4.79 Å². The molecule has 2 aliphatic carbocycles. The number of carboxylic acids is 1. The number of alkyl halides is 2. The van der Waals surface area contributed by atoms with Crippen molar-refractivity contribution in [2.75, 3.05) is 13.2 Å². The van der Waals surface area contributed by atoms with Gasteiger partial charge in [-0.05, 0) is 61.3 Å². The first-order valence-corrected chi connectivity index (χ1v) is 11.5. The molecule has 2 N–H and O–H groups in total. The lowest BCUT2D eigenvalue weighted by atomic mass is 9.82. The average Bonchev–Trinajstić information content (AvgIpc) is 2.76. The van der Waals surface area contributed by atoms with E-state index in [2.05, 4.69) is 0 Å². The molecule has 8 heteroatoms. The number of aromatic hydroxyl groups is 1. The fraction of sp³-hybridized carbons (Fsp3) is 0.520. The van der Waals surface area contributed by atoms with E-state index in [0.29, 0.717) is 37.3 Å². The van der Waals surface area contributed by atoms with Gasteiger partial charge in [-0.1, -0.05) is 6.08 Å². The van der Waals surface area contributed by atoms with Gasteiger partial charge in [-0.15, -0.1) is 0 Å². The Morgan fingerprint density at radius 2 is 1.94 bits per heavy atom. The number of hydrogen-bond donors (Lipinski definition) is 2. The first kappa shape index (κ1) is 22.1. The Hall–Kier alpha value is -2.74. The minimum Gasteiger partial charge on any atom is -0.508 e. The molecule has 2 aromatic rings. The van der Waals surface area contributed by atoms with Crippen molar-refractivity contribution < 1.29 is 33.3 Å². The predicted molar refractivity (Wildman–Crippen MR) is 118 cm³/mol. The van der Waals surface area contributed by atoms with Crippen molar-refractivity contribution in [3.05, 3.63) is 35.5 Å². The standard InChI is InChI=1S/C25H27F2NO5/c26-25(27)7-3-14(4-8-25)21-19-2-1-17(29)13-20(19)23(33-18-11-16(12-18)24(30)31)28-22(21)15-5-9-32-10-6-15/h1-3,13,15-16,18,29H,4-12H2,(H,30,31)/t16-,18-. The Labute approximate surface area is 190 Å². The second-order valence-corrected chi connectivity index (χ2v) is 9.33. The quantitative estimate of drug-likeness (QED) is 0.633. The van der Waals surface area contributed by atoms with Crippen LogP contribution in [-0.4, -0.2) is 46.4 Å². The van der Waals surface area contributed by atoms with E-state index >= 15 is 0 Å². The molecule has 2 fully saturated rings. The van der Waals surface area contributed by atoms with Gasteiger partial charge in [-0.25, -0.2) is 13.8 Å². The van der Waals surface area contributed by atoms with Gasteiger partial charge in [-0.2, -0.15) is 0 Å². The maximum absolute atomic E-state index is 13.9. The van der Waals surface area contributed by atoms with E-state index < -0.39 is 17.8 Å². The number of pyridine rings is 1. The van der Waals surface area contributed by atoms with E-state index in [1.54, 1.807) is 24.3 Å². The number of fused-ring (bicyclic) bond motifs is 1. The predicted octanol–water partition coefficient (Wildman–Crippen LogP) is 5.28. The van der Waals surface area contributed by atoms with E-state index in [0.717, 1.165) is 35.1 Å². The first-order chi connectivity index (χ1) is 15.8. The van der Waals surface area contributed by atoms with Crippen LogP contribution in [0.3, 0.4) is 0 Å². The molecule has 0 radical (unpaired) electrons. The molecular weight excluding hydrogens is 432 g/mol. The number of phenolic OH excluding ortho intramolecular Hbond substituents is 1. The number of carboxylic acid groups (broad SMARTS) is 1. The van der Waals surface area contributed by atoms with Crippen LogP contribution >= 0.6 is 0 Å². The van der Waals surface area contributed by atoms with Crippen LogP contribution in [0.15, 0.2) is 24.3 Å². The van der Waals surface area contributed by atoms with Gasteiger partial charge in [0.25, 0.3) is 5.92 Å². The molecule has 0 atom stereocenters. The number of phenols is 1. The van der Waals surface area contributed by atoms with Crippen LogP contribution in [0, 0.1) is 5.92 Å². The Morgan fingerprint density at radius 1 is 1.18 bits per heavy atom. The topological polar surface area (TPSA) is 88.9 Å². The van der Waals surface area contributed by atoms with Crippen LogP contribution in [0.2, 0.25) is 0 Å². The second kappa shape index (κ2) is 8.56. The summed E-state index contributed by atoms with van der Waals surface area (Å²) in [6.07, 6.45) is 3.48. The molecule has 5 rings (SSSR count). The number of ether oxygens (including phenoxy) is 2. The van der Waals surface area contributed by atoms with Crippen molar-refractivity contribution in [2.45, 2.75) is 62.9 Å². The average molecular weight is 459 g/mol. The molecule has 6 nitrogen and oxygen atoms in total. The molecule has 0 bridgehead atoms. The molecule has 1 saturated heterocycles. The Morgan fingerprint density at radius 3 is 2.61 bits per heavy atom. The number of aliphatic carboxylic acids is 1. The van der Waals surface area contributed by atoms with Crippen LogP contribution in [0.5, 0.6) is 11.6 Å². The SMILES string of the molecule is O=C(O)[C@H]1C[C@H](Oc2nc(C3CCOCC3)c(C3=CCC(F)(F)CC3)c3ccc(O)cc23)C1. The summed E-state index contributed by atoms with van der Waals surface area (Å²) in [6.45, 7) is 1.21. The summed E-state index contributed by atoms with van der Waals surface area (Å²) in [6, 6.07) is 4.97. The maximum Gasteiger partial charge on any atom is 0.306 e. The third-order valence-corrected chi connectivity index (χ3v) is 7.04. The lowest BCUT2D eigenvalue weighted by Gasteiger charge is -2.33. The number of nitrogens with zero attached hydrogens (tertiary/aromatic N) is 1.